The molecule has 0 bridgehead atoms. The third-order valence-corrected chi connectivity index (χ3v) is 7.10. The number of aliphatic carboxylic acids is 1. The number of nitrogens with one attached hydrogen (secondary N) is 5. The van der Waals surface area contributed by atoms with Crippen molar-refractivity contribution in [3.8, 4) is 0 Å². The van der Waals surface area contributed by atoms with Gasteiger partial charge in [0.1, 0.15) is 23.9 Å². The van der Waals surface area contributed by atoms with Crippen LogP contribution < -0.4 is 21.3 Å². The van der Waals surface area contributed by atoms with E-state index in [0.29, 0.717) is 19.3 Å². The van der Waals surface area contributed by atoms with Crippen molar-refractivity contribution in [1.29, 1.82) is 0 Å². The van der Waals surface area contributed by atoms with Gasteiger partial charge >= 0.3 is 12.1 Å². The number of carboxylic acid groups (broad SMARTS) is 1. The highest BCUT2D eigenvalue weighted by Crippen LogP contribution is 2.20. The number of alkyl carbamates (subject to hydrolysis) is 1. The second-order valence-corrected chi connectivity index (χ2v) is 12.2. The highest BCUT2D eigenvalue weighted by Gasteiger charge is 2.30. The number of hydrogen-bond donors (Lipinski definition) is 6. The van der Waals surface area contributed by atoms with Crippen LogP contribution in [-0.4, -0.2) is 63.7 Å². The molecule has 4 amide bonds. The predicted octanol–water partition coefficient (Wildman–Crippen LogP) is 3.94. The maximum atomic E-state index is 13.7. The molecule has 6 N–H and O–H groups in total. The minimum atomic E-state index is -1.36. The summed E-state index contributed by atoms with van der Waals surface area (Å²) in [7, 11) is 0. The zero-order valence-electron chi connectivity index (χ0n) is 26.9. The smallest absolute Gasteiger partial charge is 0.408 e. The summed E-state index contributed by atoms with van der Waals surface area (Å²) < 4.78 is 5.41. The van der Waals surface area contributed by atoms with E-state index in [1.807, 2.05) is 61.5 Å². The summed E-state index contributed by atoms with van der Waals surface area (Å²) in [6.45, 7) is 7.09. The molecule has 0 saturated carbocycles. The molecule has 46 heavy (non-hydrogen) atoms. The van der Waals surface area contributed by atoms with Crippen LogP contribution in [0.25, 0.3) is 10.9 Å². The molecular weight excluding hydrogens is 590 g/mol. The first kappa shape index (κ1) is 35.6. The molecule has 248 valence electrons. The molecule has 0 aliphatic carbocycles. The summed E-state index contributed by atoms with van der Waals surface area (Å²) in [5, 5.41) is 21.0. The van der Waals surface area contributed by atoms with E-state index in [1.54, 1.807) is 27.0 Å². The van der Waals surface area contributed by atoms with Crippen LogP contribution >= 0.6 is 0 Å². The first-order valence-electron chi connectivity index (χ1n) is 15.5. The number of rotatable bonds is 16. The van der Waals surface area contributed by atoms with E-state index >= 15 is 0 Å². The van der Waals surface area contributed by atoms with Gasteiger partial charge in [-0.2, -0.15) is 0 Å². The molecule has 1 aromatic heterocycles. The number of ether oxygens (including phenoxy) is 1. The van der Waals surface area contributed by atoms with Crippen molar-refractivity contribution >= 4 is 40.7 Å². The van der Waals surface area contributed by atoms with Gasteiger partial charge in [0.15, 0.2) is 0 Å². The summed E-state index contributed by atoms with van der Waals surface area (Å²) in [6.07, 6.45) is 1.79. The van der Waals surface area contributed by atoms with Crippen molar-refractivity contribution < 1.29 is 33.8 Å². The van der Waals surface area contributed by atoms with Gasteiger partial charge in [-0.25, -0.2) is 4.79 Å². The Morgan fingerprint density at radius 2 is 1.52 bits per heavy atom. The predicted molar refractivity (Wildman–Crippen MR) is 174 cm³/mol. The van der Waals surface area contributed by atoms with Crippen LogP contribution in [0.15, 0.2) is 60.8 Å². The van der Waals surface area contributed by atoms with Crippen LogP contribution in [0.2, 0.25) is 0 Å². The molecule has 3 atom stereocenters. The average molecular weight is 636 g/mol. The van der Waals surface area contributed by atoms with Gasteiger partial charge < -0.3 is 36.1 Å². The van der Waals surface area contributed by atoms with Crippen molar-refractivity contribution in [2.24, 2.45) is 0 Å². The number of fused-ring (bicyclic) bond motifs is 1. The number of aromatic amines is 1. The molecule has 2 aromatic carbocycles. The highest BCUT2D eigenvalue weighted by atomic mass is 16.6. The molecule has 0 saturated heterocycles. The van der Waals surface area contributed by atoms with Gasteiger partial charge in [0.2, 0.25) is 17.7 Å². The van der Waals surface area contributed by atoms with Crippen LogP contribution in [0.5, 0.6) is 0 Å². The van der Waals surface area contributed by atoms with E-state index in [4.69, 9.17) is 4.74 Å². The Labute approximate surface area is 269 Å². The third-order valence-electron chi connectivity index (χ3n) is 7.10. The Hall–Kier alpha value is -4.87. The number of H-pyrrole nitrogens is 1. The number of benzene rings is 2. The quantitative estimate of drug-likeness (QED) is 0.129. The standard InChI is InChI=1S/C34H45N5O7/c1-5-6-16-28(39-32(44)27(20-30(41)42)36-29(40)18-17-22-12-8-7-9-13-22)38-31(43)26(37-33(45)46-34(2,3)4)19-23-21-35-25-15-11-10-14-24(23)25/h7-15,21,26-28,35H,5-6,16-20H2,1-4H3,(H,36,40)(H,37,45)(H,38,43)(H,39,44)(H,41,42)/t26-,27+,28-/m1/s1. The molecule has 0 aliphatic rings. The maximum absolute atomic E-state index is 13.7. The monoisotopic (exact) mass is 635 g/mol. The molecule has 0 radical (unpaired) electrons. The lowest BCUT2D eigenvalue weighted by atomic mass is 10.0. The zero-order chi connectivity index (χ0) is 33.7. The van der Waals surface area contributed by atoms with E-state index in [0.717, 1.165) is 28.5 Å². The Morgan fingerprint density at radius 3 is 2.17 bits per heavy atom. The van der Waals surface area contributed by atoms with Crippen molar-refractivity contribution in [3.63, 3.8) is 0 Å². The fourth-order valence-corrected chi connectivity index (χ4v) is 4.87. The van der Waals surface area contributed by atoms with Crippen LogP contribution in [0.4, 0.5) is 4.79 Å². The van der Waals surface area contributed by atoms with Crippen LogP contribution in [0.1, 0.15) is 70.9 Å². The van der Waals surface area contributed by atoms with Crippen LogP contribution in [-0.2, 0) is 36.8 Å². The lowest BCUT2D eigenvalue weighted by Gasteiger charge is -2.27. The lowest BCUT2D eigenvalue weighted by Crippen LogP contribution is -2.58. The van der Waals surface area contributed by atoms with E-state index in [-0.39, 0.29) is 12.8 Å². The van der Waals surface area contributed by atoms with E-state index in [1.165, 1.54) is 0 Å². The number of aryl methyl sites for hydroxylation is 1. The average Bonchev–Trinajstić information content (AvgIpc) is 3.40. The summed E-state index contributed by atoms with van der Waals surface area (Å²) in [6, 6.07) is 14.5. The third kappa shape index (κ3) is 11.9. The Balaban J connectivity index is 1.74. The maximum Gasteiger partial charge on any atom is 0.408 e. The van der Waals surface area contributed by atoms with Crippen molar-refractivity contribution in [1.82, 2.24) is 26.3 Å². The molecule has 1 heterocycles. The van der Waals surface area contributed by atoms with Crippen molar-refractivity contribution in [2.45, 2.75) is 96.5 Å². The largest absolute Gasteiger partial charge is 0.481 e. The molecular formula is C34H45N5O7. The number of carboxylic acids is 1. The molecule has 0 unspecified atom stereocenters. The van der Waals surface area contributed by atoms with E-state index in [9.17, 15) is 29.1 Å². The van der Waals surface area contributed by atoms with Gasteiger partial charge in [-0.1, -0.05) is 61.9 Å². The molecule has 12 nitrogen and oxygen atoms in total. The van der Waals surface area contributed by atoms with Crippen LogP contribution in [0.3, 0.4) is 0 Å². The number of para-hydroxylation sites is 1. The number of carbonyl (C=O) groups is 5. The van der Waals surface area contributed by atoms with Gasteiger partial charge in [0.05, 0.1) is 6.42 Å². The molecule has 0 spiro atoms. The second kappa shape index (κ2) is 17.0. The normalized spacial score (nSPS) is 13.2. The minimum Gasteiger partial charge on any atom is -0.481 e. The number of unbranched alkanes of at least 4 members (excludes halogenated alkanes) is 1. The van der Waals surface area contributed by atoms with Crippen molar-refractivity contribution in [2.75, 3.05) is 0 Å². The van der Waals surface area contributed by atoms with Gasteiger partial charge in [-0.15, -0.1) is 0 Å². The minimum absolute atomic E-state index is 0.0647. The number of aromatic nitrogens is 1. The van der Waals surface area contributed by atoms with Gasteiger partial charge in [-0.3, -0.25) is 19.2 Å². The zero-order valence-corrected chi connectivity index (χ0v) is 26.9. The summed E-state index contributed by atoms with van der Waals surface area (Å²) in [5.74, 6) is -3.05. The van der Waals surface area contributed by atoms with Gasteiger partial charge in [0, 0.05) is 29.9 Å². The molecule has 0 aliphatic heterocycles. The van der Waals surface area contributed by atoms with Gasteiger partial charge in [0.25, 0.3) is 0 Å². The topological polar surface area (TPSA) is 179 Å². The van der Waals surface area contributed by atoms with Crippen LogP contribution in [0, 0.1) is 0 Å². The summed E-state index contributed by atoms with van der Waals surface area (Å²) >= 11 is 0. The van der Waals surface area contributed by atoms with Gasteiger partial charge in [-0.05, 0) is 57.2 Å². The van der Waals surface area contributed by atoms with Crippen molar-refractivity contribution in [3.05, 3.63) is 71.9 Å². The number of hydrogen-bond acceptors (Lipinski definition) is 6. The fraction of sp³-hybridized carbons (Fsp3) is 0.441. The lowest BCUT2D eigenvalue weighted by molar-refractivity contribution is -0.141. The second-order valence-electron chi connectivity index (χ2n) is 12.2. The fourth-order valence-electron chi connectivity index (χ4n) is 4.87. The summed E-state index contributed by atoms with van der Waals surface area (Å²) in [5.41, 5.74) is 1.80. The highest BCUT2D eigenvalue weighted by molar-refractivity contribution is 5.92. The molecule has 3 rings (SSSR count). The first-order valence-corrected chi connectivity index (χ1v) is 15.5. The summed E-state index contributed by atoms with van der Waals surface area (Å²) in [4.78, 5) is 67.2. The Morgan fingerprint density at radius 1 is 0.870 bits per heavy atom. The first-order chi connectivity index (χ1) is 21.8. The number of amides is 4. The SMILES string of the molecule is CCCC[C@@H](NC(=O)[C@H](CC(=O)O)NC(=O)CCc1ccccc1)NC(=O)[C@@H](Cc1c[nH]c2ccccc12)NC(=O)OC(C)(C)C. The number of carbonyl (C=O) groups excluding carboxylic acids is 4. The molecule has 0 fully saturated rings. The molecule has 12 heteroatoms. The molecule has 3 aromatic rings. The Bertz CT molecular complexity index is 1480. The van der Waals surface area contributed by atoms with E-state index in [2.05, 4.69) is 26.3 Å². The van der Waals surface area contributed by atoms with E-state index < -0.39 is 60.1 Å². The Kier molecular flexibility index (Phi) is 13.2.